The van der Waals surface area contributed by atoms with E-state index < -0.39 is 0 Å². The second-order valence-corrected chi connectivity index (χ2v) is 7.79. The van der Waals surface area contributed by atoms with Crippen molar-refractivity contribution < 1.29 is 4.74 Å². The van der Waals surface area contributed by atoms with Crippen LogP contribution in [0.4, 0.5) is 0 Å². The van der Waals surface area contributed by atoms with Crippen molar-refractivity contribution in [1.29, 1.82) is 0 Å². The lowest BCUT2D eigenvalue weighted by molar-refractivity contribution is 0.0945. The first kappa shape index (κ1) is 21.7. The summed E-state index contributed by atoms with van der Waals surface area (Å²) in [7, 11) is 2.22. The zero-order valence-electron chi connectivity index (χ0n) is 17.4. The molecule has 1 saturated heterocycles. The predicted molar refractivity (Wildman–Crippen MR) is 114 cm³/mol. The molecule has 1 aliphatic rings. The summed E-state index contributed by atoms with van der Waals surface area (Å²) < 4.78 is 5.83. The lowest BCUT2D eigenvalue weighted by atomic mass is 9.94. The van der Waals surface area contributed by atoms with Crippen molar-refractivity contribution in [2.45, 2.75) is 39.7 Å². The van der Waals surface area contributed by atoms with Crippen LogP contribution in [0.15, 0.2) is 35.3 Å². The van der Waals surface area contributed by atoms with Crippen LogP contribution in [-0.2, 0) is 11.3 Å². The van der Waals surface area contributed by atoms with Crippen LogP contribution in [0, 0.1) is 11.8 Å². The monoisotopic (exact) mass is 374 g/mol. The molecule has 1 heterocycles. The fraction of sp³-hybridized carbons (Fsp3) is 0.682. The van der Waals surface area contributed by atoms with Crippen molar-refractivity contribution in [3.05, 3.63) is 35.9 Å². The fourth-order valence-corrected chi connectivity index (χ4v) is 3.34. The molecule has 27 heavy (non-hydrogen) atoms. The van der Waals surface area contributed by atoms with Crippen molar-refractivity contribution in [1.82, 2.24) is 15.5 Å². The van der Waals surface area contributed by atoms with E-state index >= 15 is 0 Å². The Morgan fingerprint density at radius 2 is 1.96 bits per heavy atom. The molecule has 1 aromatic rings. The lowest BCUT2D eigenvalue weighted by Crippen LogP contribution is -2.39. The molecule has 1 atom stereocenters. The van der Waals surface area contributed by atoms with Crippen molar-refractivity contribution in [2.75, 3.05) is 46.4 Å². The van der Waals surface area contributed by atoms with Crippen LogP contribution in [0.3, 0.4) is 0 Å². The molecular formula is C22H38N4O. The number of aliphatic imine (C=N–C) groups is 1. The molecule has 0 radical (unpaired) electrons. The summed E-state index contributed by atoms with van der Waals surface area (Å²) in [6, 6.07) is 10.3. The highest BCUT2D eigenvalue weighted by atomic mass is 16.5. The van der Waals surface area contributed by atoms with Gasteiger partial charge in [0.25, 0.3) is 0 Å². The number of likely N-dealkylation sites (tertiary alicyclic amines) is 1. The maximum atomic E-state index is 5.83. The first-order chi connectivity index (χ1) is 13.2. The second kappa shape index (κ2) is 12.7. The third-order valence-electron chi connectivity index (χ3n) is 5.10. The molecule has 0 spiro atoms. The number of nitrogens with zero attached hydrogens (tertiary/aromatic N) is 2. The smallest absolute Gasteiger partial charge is 0.191 e. The van der Waals surface area contributed by atoms with Gasteiger partial charge in [0.1, 0.15) is 0 Å². The largest absolute Gasteiger partial charge is 0.376 e. The van der Waals surface area contributed by atoms with E-state index in [0.717, 1.165) is 38.1 Å². The van der Waals surface area contributed by atoms with Crippen LogP contribution in [0.2, 0.25) is 0 Å². The lowest BCUT2D eigenvalue weighted by Gasteiger charge is -2.29. The topological polar surface area (TPSA) is 48.9 Å². The Morgan fingerprint density at radius 1 is 1.22 bits per heavy atom. The number of rotatable bonds is 10. The molecule has 0 aromatic heterocycles. The molecule has 1 fully saturated rings. The summed E-state index contributed by atoms with van der Waals surface area (Å²) in [5.41, 5.74) is 1.22. The van der Waals surface area contributed by atoms with E-state index in [4.69, 9.17) is 9.73 Å². The number of hydrogen-bond donors (Lipinski definition) is 2. The molecule has 2 rings (SSSR count). The summed E-state index contributed by atoms with van der Waals surface area (Å²) in [5.74, 6) is 2.18. The molecule has 0 bridgehead atoms. The van der Waals surface area contributed by atoms with E-state index in [2.05, 4.69) is 48.6 Å². The van der Waals surface area contributed by atoms with E-state index in [-0.39, 0.29) is 0 Å². The minimum absolute atomic E-state index is 0.401. The molecule has 5 nitrogen and oxygen atoms in total. The third kappa shape index (κ3) is 9.25. The Balaban J connectivity index is 1.64. The Labute approximate surface area is 165 Å². The van der Waals surface area contributed by atoms with Crippen LogP contribution in [-0.4, -0.2) is 57.2 Å². The second-order valence-electron chi connectivity index (χ2n) is 7.79. The Kier molecular flexibility index (Phi) is 10.2. The number of hydrogen-bond acceptors (Lipinski definition) is 3. The maximum absolute atomic E-state index is 5.83. The molecule has 0 aliphatic carbocycles. The van der Waals surface area contributed by atoms with Gasteiger partial charge in [0.05, 0.1) is 13.2 Å². The highest BCUT2D eigenvalue weighted by Gasteiger charge is 2.16. The maximum Gasteiger partial charge on any atom is 0.191 e. The average Bonchev–Trinajstić information content (AvgIpc) is 2.68. The van der Waals surface area contributed by atoms with Crippen molar-refractivity contribution >= 4 is 5.96 Å². The zero-order chi connectivity index (χ0) is 19.3. The Morgan fingerprint density at radius 3 is 2.67 bits per heavy atom. The van der Waals surface area contributed by atoms with Gasteiger partial charge in [0.2, 0.25) is 0 Å². The predicted octanol–water partition coefficient (Wildman–Crippen LogP) is 3.13. The quantitative estimate of drug-likeness (QED) is 0.488. The summed E-state index contributed by atoms with van der Waals surface area (Å²) >= 11 is 0. The number of benzene rings is 1. The molecule has 1 unspecified atom stereocenters. The minimum Gasteiger partial charge on any atom is -0.376 e. The van der Waals surface area contributed by atoms with E-state index in [1.165, 1.54) is 37.9 Å². The van der Waals surface area contributed by atoms with Gasteiger partial charge < -0.3 is 20.3 Å². The van der Waals surface area contributed by atoms with Crippen LogP contribution in [0.1, 0.15) is 38.7 Å². The first-order valence-electron chi connectivity index (χ1n) is 10.5. The normalized spacial score (nSPS) is 17.7. The molecule has 152 valence electrons. The average molecular weight is 375 g/mol. The molecule has 0 amide bonds. The SMILES string of the molecule is CCNC(=NCC(C)COCc1ccccc1)NCCC1CCN(C)CC1. The van der Waals surface area contributed by atoms with Gasteiger partial charge in [-0.25, -0.2) is 0 Å². The molecule has 0 saturated carbocycles. The van der Waals surface area contributed by atoms with Gasteiger partial charge in [0.15, 0.2) is 5.96 Å². The van der Waals surface area contributed by atoms with E-state index in [1.807, 2.05) is 18.2 Å². The van der Waals surface area contributed by atoms with Gasteiger partial charge >= 0.3 is 0 Å². The van der Waals surface area contributed by atoms with E-state index in [1.54, 1.807) is 0 Å². The van der Waals surface area contributed by atoms with E-state index in [9.17, 15) is 0 Å². The first-order valence-corrected chi connectivity index (χ1v) is 10.5. The summed E-state index contributed by atoms with van der Waals surface area (Å²) in [4.78, 5) is 7.17. The molecular weight excluding hydrogens is 336 g/mol. The molecule has 2 N–H and O–H groups in total. The number of ether oxygens (including phenoxy) is 1. The van der Waals surface area contributed by atoms with Gasteiger partial charge in [0, 0.05) is 19.6 Å². The van der Waals surface area contributed by atoms with Crippen LogP contribution in [0.5, 0.6) is 0 Å². The Hall–Kier alpha value is -1.59. The molecule has 1 aromatic carbocycles. The zero-order valence-corrected chi connectivity index (χ0v) is 17.4. The standard InChI is InChI=1S/C22H38N4O/c1-4-23-22(24-13-10-20-11-14-26(3)15-12-20)25-16-19(2)17-27-18-21-8-6-5-7-9-21/h5-9,19-20H,4,10-18H2,1-3H3,(H2,23,24,25). The Bertz CT molecular complexity index is 526. The van der Waals surface area contributed by atoms with Gasteiger partial charge in [-0.05, 0) is 63.7 Å². The van der Waals surface area contributed by atoms with Crippen molar-refractivity contribution in [2.24, 2.45) is 16.8 Å². The fourth-order valence-electron chi connectivity index (χ4n) is 3.34. The molecule has 1 aliphatic heterocycles. The highest BCUT2D eigenvalue weighted by molar-refractivity contribution is 5.79. The van der Waals surface area contributed by atoms with Crippen molar-refractivity contribution in [3.8, 4) is 0 Å². The van der Waals surface area contributed by atoms with E-state index in [0.29, 0.717) is 12.5 Å². The number of piperidine rings is 1. The van der Waals surface area contributed by atoms with Gasteiger partial charge in [-0.15, -0.1) is 0 Å². The van der Waals surface area contributed by atoms with Gasteiger partial charge in [-0.1, -0.05) is 37.3 Å². The van der Waals surface area contributed by atoms with Gasteiger partial charge in [-0.2, -0.15) is 0 Å². The van der Waals surface area contributed by atoms with Crippen LogP contribution >= 0.6 is 0 Å². The summed E-state index contributed by atoms with van der Waals surface area (Å²) in [6.45, 7) is 10.8. The minimum atomic E-state index is 0.401. The molecule has 5 heteroatoms. The number of nitrogens with one attached hydrogen (secondary N) is 2. The van der Waals surface area contributed by atoms with Gasteiger partial charge in [-0.3, -0.25) is 4.99 Å². The summed E-state index contributed by atoms with van der Waals surface area (Å²) in [5, 5.41) is 6.86. The number of guanidine groups is 1. The van der Waals surface area contributed by atoms with Crippen LogP contribution < -0.4 is 10.6 Å². The third-order valence-corrected chi connectivity index (χ3v) is 5.10. The van der Waals surface area contributed by atoms with Crippen LogP contribution in [0.25, 0.3) is 0 Å². The highest BCUT2D eigenvalue weighted by Crippen LogP contribution is 2.18. The van der Waals surface area contributed by atoms with Crippen molar-refractivity contribution in [3.63, 3.8) is 0 Å². The summed E-state index contributed by atoms with van der Waals surface area (Å²) in [6.07, 6.45) is 3.87.